The fraction of sp³-hybridized carbons (Fsp3) is 0.188. The first kappa shape index (κ1) is 12.3. The Bertz CT molecular complexity index is 552. The van der Waals surface area contributed by atoms with E-state index < -0.39 is 0 Å². The van der Waals surface area contributed by atoms with Crippen LogP contribution in [-0.2, 0) is 13.0 Å². The Labute approximate surface area is 107 Å². The van der Waals surface area contributed by atoms with Crippen LogP contribution in [0.3, 0.4) is 0 Å². The summed E-state index contributed by atoms with van der Waals surface area (Å²) in [5.41, 5.74) is 4.39. The largest absolute Gasteiger partial charge is 0.392 e. The second-order valence-corrected chi connectivity index (χ2v) is 4.17. The average Bonchev–Trinajstić information content (AvgIpc) is 2.45. The molecule has 0 radical (unpaired) electrons. The number of aliphatic hydroxyl groups is 1. The van der Waals surface area contributed by atoms with E-state index in [2.05, 4.69) is 18.2 Å². The van der Waals surface area contributed by atoms with Gasteiger partial charge in [-0.25, -0.2) is 0 Å². The SMILES string of the molecule is N#CCCc1ccccc1-c1ccc(CO)cc1. The molecule has 0 saturated heterocycles. The van der Waals surface area contributed by atoms with E-state index >= 15 is 0 Å². The quantitative estimate of drug-likeness (QED) is 0.886. The topological polar surface area (TPSA) is 44.0 Å². The Kier molecular flexibility index (Phi) is 4.11. The van der Waals surface area contributed by atoms with Gasteiger partial charge in [-0.3, -0.25) is 0 Å². The molecule has 0 amide bonds. The highest BCUT2D eigenvalue weighted by Gasteiger charge is 2.04. The molecule has 1 N–H and O–H groups in total. The van der Waals surface area contributed by atoms with Gasteiger partial charge >= 0.3 is 0 Å². The summed E-state index contributed by atoms with van der Waals surface area (Å²) in [7, 11) is 0. The molecule has 2 rings (SSSR count). The van der Waals surface area contributed by atoms with Crippen molar-refractivity contribution in [2.75, 3.05) is 0 Å². The highest BCUT2D eigenvalue weighted by Crippen LogP contribution is 2.25. The summed E-state index contributed by atoms with van der Waals surface area (Å²) in [5, 5.41) is 17.7. The van der Waals surface area contributed by atoms with Crippen molar-refractivity contribution < 1.29 is 5.11 Å². The van der Waals surface area contributed by atoms with Crippen molar-refractivity contribution in [2.45, 2.75) is 19.4 Å². The number of benzene rings is 2. The minimum Gasteiger partial charge on any atom is -0.392 e. The summed E-state index contributed by atoms with van der Waals surface area (Å²) in [6.07, 6.45) is 1.31. The van der Waals surface area contributed by atoms with Crippen molar-refractivity contribution in [2.24, 2.45) is 0 Å². The lowest BCUT2D eigenvalue weighted by Gasteiger charge is -2.08. The zero-order chi connectivity index (χ0) is 12.8. The molecule has 2 nitrogen and oxygen atoms in total. The monoisotopic (exact) mass is 237 g/mol. The smallest absolute Gasteiger partial charge is 0.0681 e. The van der Waals surface area contributed by atoms with Crippen molar-refractivity contribution in [1.82, 2.24) is 0 Å². The molecule has 2 heteroatoms. The number of hydrogen-bond donors (Lipinski definition) is 1. The number of nitriles is 1. The molecule has 2 aromatic carbocycles. The van der Waals surface area contributed by atoms with Crippen LogP contribution >= 0.6 is 0 Å². The Morgan fingerprint density at radius 1 is 1.00 bits per heavy atom. The van der Waals surface area contributed by atoms with Gasteiger partial charge in [0, 0.05) is 6.42 Å². The number of nitrogens with zero attached hydrogens (tertiary/aromatic N) is 1. The van der Waals surface area contributed by atoms with Gasteiger partial charge in [-0.1, -0.05) is 48.5 Å². The Morgan fingerprint density at radius 2 is 1.72 bits per heavy atom. The summed E-state index contributed by atoms with van der Waals surface area (Å²) in [4.78, 5) is 0. The van der Waals surface area contributed by atoms with E-state index in [1.165, 1.54) is 5.56 Å². The lowest BCUT2D eigenvalue weighted by atomic mass is 9.96. The summed E-state index contributed by atoms with van der Waals surface area (Å²) in [5.74, 6) is 0. The van der Waals surface area contributed by atoms with E-state index in [1.807, 2.05) is 36.4 Å². The third kappa shape index (κ3) is 2.77. The van der Waals surface area contributed by atoms with Crippen LogP contribution < -0.4 is 0 Å². The molecule has 90 valence electrons. The summed E-state index contributed by atoms with van der Waals surface area (Å²) >= 11 is 0. The molecule has 0 spiro atoms. The van der Waals surface area contributed by atoms with Crippen LogP contribution in [-0.4, -0.2) is 5.11 Å². The molecular weight excluding hydrogens is 222 g/mol. The maximum atomic E-state index is 9.03. The lowest BCUT2D eigenvalue weighted by molar-refractivity contribution is 0.282. The lowest BCUT2D eigenvalue weighted by Crippen LogP contribution is -1.90. The average molecular weight is 237 g/mol. The van der Waals surface area contributed by atoms with E-state index in [1.54, 1.807) is 0 Å². The molecule has 18 heavy (non-hydrogen) atoms. The van der Waals surface area contributed by atoms with E-state index in [9.17, 15) is 0 Å². The zero-order valence-electron chi connectivity index (χ0n) is 10.1. The van der Waals surface area contributed by atoms with Crippen molar-refractivity contribution in [3.63, 3.8) is 0 Å². The maximum Gasteiger partial charge on any atom is 0.0681 e. The van der Waals surface area contributed by atoms with Crippen molar-refractivity contribution in [1.29, 1.82) is 5.26 Å². The first-order chi connectivity index (χ1) is 8.85. The first-order valence-corrected chi connectivity index (χ1v) is 6.00. The first-order valence-electron chi connectivity index (χ1n) is 6.00. The van der Waals surface area contributed by atoms with Crippen LogP contribution in [0.25, 0.3) is 11.1 Å². The van der Waals surface area contributed by atoms with Crippen molar-refractivity contribution in [3.8, 4) is 17.2 Å². The van der Waals surface area contributed by atoms with Crippen molar-refractivity contribution >= 4 is 0 Å². The molecule has 0 aromatic heterocycles. The molecule has 0 unspecified atom stereocenters. The molecule has 0 aliphatic heterocycles. The highest BCUT2D eigenvalue weighted by atomic mass is 16.3. The second kappa shape index (κ2) is 6.00. The van der Waals surface area contributed by atoms with Gasteiger partial charge in [-0.05, 0) is 28.7 Å². The van der Waals surface area contributed by atoms with Crippen LogP contribution in [0.15, 0.2) is 48.5 Å². The molecule has 0 saturated carbocycles. The molecule has 0 bridgehead atoms. The summed E-state index contributed by atoms with van der Waals surface area (Å²) in [6, 6.07) is 18.2. The van der Waals surface area contributed by atoms with E-state index in [0.29, 0.717) is 6.42 Å². The van der Waals surface area contributed by atoms with Gasteiger partial charge < -0.3 is 5.11 Å². The molecule has 0 atom stereocenters. The number of rotatable bonds is 4. The highest BCUT2D eigenvalue weighted by molar-refractivity contribution is 5.67. The molecular formula is C16H15NO. The Hall–Kier alpha value is -2.11. The Morgan fingerprint density at radius 3 is 2.39 bits per heavy atom. The standard InChI is InChI=1S/C16H15NO/c17-11-3-5-14-4-1-2-6-16(14)15-9-7-13(12-18)8-10-15/h1-2,4,6-10,18H,3,5,12H2. The molecule has 0 aliphatic carbocycles. The van der Waals surface area contributed by atoms with E-state index in [-0.39, 0.29) is 6.61 Å². The fourth-order valence-corrected chi connectivity index (χ4v) is 2.00. The fourth-order valence-electron chi connectivity index (χ4n) is 2.00. The summed E-state index contributed by atoms with van der Waals surface area (Å²) in [6.45, 7) is 0.0658. The van der Waals surface area contributed by atoms with E-state index in [4.69, 9.17) is 10.4 Å². The minimum atomic E-state index is 0.0658. The number of aryl methyl sites for hydroxylation is 1. The van der Waals surface area contributed by atoms with E-state index in [0.717, 1.165) is 23.1 Å². The molecule has 2 aromatic rings. The predicted molar refractivity (Wildman–Crippen MR) is 71.7 cm³/mol. The van der Waals surface area contributed by atoms with Gasteiger partial charge in [0.1, 0.15) is 0 Å². The third-order valence-electron chi connectivity index (χ3n) is 2.97. The van der Waals surface area contributed by atoms with Gasteiger partial charge in [0.2, 0.25) is 0 Å². The number of hydrogen-bond acceptors (Lipinski definition) is 2. The van der Waals surface area contributed by atoms with Gasteiger partial charge in [-0.2, -0.15) is 5.26 Å². The molecule has 0 aliphatic rings. The van der Waals surface area contributed by atoms with Gasteiger partial charge in [0.15, 0.2) is 0 Å². The van der Waals surface area contributed by atoms with Gasteiger partial charge in [0.25, 0.3) is 0 Å². The maximum absolute atomic E-state index is 9.03. The minimum absolute atomic E-state index is 0.0658. The molecule has 0 fully saturated rings. The van der Waals surface area contributed by atoms with Crippen LogP contribution in [0.1, 0.15) is 17.5 Å². The van der Waals surface area contributed by atoms with Gasteiger partial charge in [0.05, 0.1) is 12.7 Å². The number of aliphatic hydroxyl groups excluding tert-OH is 1. The Balaban J connectivity index is 2.34. The zero-order valence-corrected chi connectivity index (χ0v) is 10.1. The van der Waals surface area contributed by atoms with Crippen LogP contribution in [0.5, 0.6) is 0 Å². The van der Waals surface area contributed by atoms with Crippen molar-refractivity contribution in [3.05, 3.63) is 59.7 Å². The molecule has 0 heterocycles. The second-order valence-electron chi connectivity index (χ2n) is 4.17. The van der Waals surface area contributed by atoms with Gasteiger partial charge in [-0.15, -0.1) is 0 Å². The van der Waals surface area contributed by atoms with Crippen LogP contribution in [0.4, 0.5) is 0 Å². The summed E-state index contributed by atoms with van der Waals surface area (Å²) < 4.78 is 0. The predicted octanol–water partition coefficient (Wildman–Crippen LogP) is 3.30. The van der Waals surface area contributed by atoms with Crippen LogP contribution in [0, 0.1) is 11.3 Å². The third-order valence-corrected chi connectivity index (χ3v) is 2.97. The normalized spacial score (nSPS) is 10.0. The van der Waals surface area contributed by atoms with Crippen LogP contribution in [0.2, 0.25) is 0 Å².